The molecule has 0 heterocycles. The molecule has 0 aliphatic rings. The van der Waals surface area contributed by atoms with Crippen molar-refractivity contribution in [1.29, 1.82) is 0 Å². The van der Waals surface area contributed by atoms with E-state index in [-0.39, 0.29) is 18.6 Å². The Balaban J connectivity index is 1.75. The summed E-state index contributed by atoms with van der Waals surface area (Å²) < 4.78 is 22.0. The number of carbonyl (C=O) groups excluding carboxylic acids is 2. The van der Waals surface area contributed by atoms with Gasteiger partial charge in [0.1, 0.15) is 11.5 Å². The van der Waals surface area contributed by atoms with E-state index in [1.807, 2.05) is 13.8 Å². The molecule has 0 saturated carbocycles. The third kappa shape index (κ3) is 7.28. The first-order valence-electron chi connectivity index (χ1n) is 10.8. The van der Waals surface area contributed by atoms with Gasteiger partial charge in [0.25, 0.3) is 11.8 Å². The predicted molar refractivity (Wildman–Crippen MR) is 134 cm³/mol. The maximum atomic E-state index is 13.0. The van der Waals surface area contributed by atoms with Crippen LogP contribution in [-0.4, -0.2) is 38.7 Å². The molecule has 2 N–H and O–H groups in total. The number of ether oxygens (including phenoxy) is 4. The molecule has 0 aromatic heterocycles. The molecule has 0 spiro atoms. The number of benzene rings is 3. The zero-order chi connectivity index (χ0) is 25.4. The molecule has 3 aromatic carbocycles. The molecule has 9 heteroatoms. The molecule has 0 aliphatic carbocycles. The van der Waals surface area contributed by atoms with Crippen LogP contribution < -0.4 is 29.6 Å². The van der Waals surface area contributed by atoms with Gasteiger partial charge in [-0.1, -0.05) is 11.6 Å². The van der Waals surface area contributed by atoms with Crippen LogP contribution in [0.1, 0.15) is 24.2 Å². The number of hydrogen-bond acceptors (Lipinski definition) is 6. The predicted octanol–water partition coefficient (Wildman–Crippen LogP) is 5.31. The first-order valence-corrected chi connectivity index (χ1v) is 11.2. The van der Waals surface area contributed by atoms with Gasteiger partial charge in [0.15, 0.2) is 23.9 Å². The number of halogens is 1. The summed E-state index contributed by atoms with van der Waals surface area (Å²) in [6.45, 7) is 3.55. The Morgan fingerprint density at radius 1 is 0.857 bits per heavy atom. The minimum Gasteiger partial charge on any atom is -0.497 e. The molecule has 0 aliphatic heterocycles. The standard InChI is InChI=1S/C26H27ClN2O6/c1-16(2)28-25(30)15-34-23-11-5-17(13-24(23)33-4)26(31)29-21-14-18(27)6-12-22(21)35-20-9-7-19(32-3)8-10-20/h5-14,16H,15H2,1-4H3,(H,28,30)(H,29,31). The van der Waals surface area contributed by atoms with Gasteiger partial charge in [-0.15, -0.1) is 0 Å². The molecule has 35 heavy (non-hydrogen) atoms. The van der Waals surface area contributed by atoms with E-state index in [1.165, 1.54) is 13.2 Å². The molecule has 3 aromatic rings. The van der Waals surface area contributed by atoms with E-state index < -0.39 is 5.91 Å². The van der Waals surface area contributed by atoms with Crippen LogP contribution in [0.4, 0.5) is 5.69 Å². The van der Waals surface area contributed by atoms with Crippen molar-refractivity contribution in [1.82, 2.24) is 5.32 Å². The largest absolute Gasteiger partial charge is 0.497 e. The van der Waals surface area contributed by atoms with Crippen molar-refractivity contribution in [3.8, 4) is 28.7 Å². The Morgan fingerprint density at radius 3 is 2.20 bits per heavy atom. The highest BCUT2D eigenvalue weighted by Crippen LogP contribution is 2.34. The van der Waals surface area contributed by atoms with Gasteiger partial charge in [-0.3, -0.25) is 9.59 Å². The molecule has 184 valence electrons. The number of nitrogens with one attached hydrogen (secondary N) is 2. The topological polar surface area (TPSA) is 95.1 Å². The third-order valence-electron chi connectivity index (χ3n) is 4.71. The van der Waals surface area contributed by atoms with Crippen molar-refractivity contribution in [2.24, 2.45) is 0 Å². The summed E-state index contributed by atoms with van der Waals surface area (Å²) in [5.41, 5.74) is 0.708. The maximum absolute atomic E-state index is 13.0. The molecular weight excluding hydrogens is 472 g/mol. The second-order valence-corrected chi connectivity index (χ2v) is 8.19. The zero-order valence-electron chi connectivity index (χ0n) is 19.9. The summed E-state index contributed by atoms with van der Waals surface area (Å²) in [5, 5.41) is 6.00. The van der Waals surface area contributed by atoms with Crippen molar-refractivity contribution in [3.63, 3.8) is 0 Å². The van der Waals surface area contributed by atoms with Gasteiger partial charge in [0.2, 0.25) is 0 Å². The lowest BCUT2D eigenvalue weighted by atomic mass is 10.1. The molecule has 2 amide bonds. The van der Waals surface area contributed by atoms with Crippen LogP contribution in [0.15, 0.2) is 60.7 Å². The van der Waals surface area contributed by atoms with Crippen molar-refractivity contribution < 1.29 is 28.5 Å². The Bertz CT molecular complexity index is 1180. The van der Waals surface area contributed by atoms with Gasteiger partial charge in [-0.25, -0.2) is 0 Å². The molecule has 3 rings (SSSR count). The third-order valence-corrected chi connectivity index (χ3v) is 4.95. The Morgan fingerprint density at radius 2 is 1.54 bits per heavy atom. The summed E-state index contributed by atoms with van der Waals surface area (Å²) in [6.07, 6.45) is 0. The summed E-state index contributed by atoms with van der Waals surface area (Å²) in [4.78, 5) is 24.9. The van der Waals surface area contributed by atoms with E-state index in [1.54, 1.807) is 61.7 Å². The van der Waals surface area contributed by atoms with Crippen molar-refractivity contribution in [2.75, 3.05) is 26.1 Å². The monoisotopic (exact) mass is 498 g/mol. The minimum absolute atomic E-state index is 0.00384. The summed E-state index contributed by atoms with van der Waals surface area (Å²) >= 11 is 6.16. The quantitative estimate of drug-likeness (QED) is 0.393. The van der Waals surface area contributed by atoms with Crippen LogP contribution in [0.3, 0.4) is 0 Å². The Labute approximate surface area is 209 Å². The van der Waals surface area contributed by atoms with Crippen LogP contribution in [-0.2, 0) is 4.79 Å². The maximum Gasteiger partial charge on any atom is 0.258 e. The van der Waals surface area contributed by atoms with Gasteiger partial charge in [0.05, 0.1) is 19.9 Å². The minimum atomic E-state index is -0.408. The van der Waals surface area contributed by atoms with E-state index in [0.717, 1.165) is 0 Å². The lowest BCUT2D eigenvalue weighted by Gasteiger charge is -2.15. The Hall–Kier alpha value is -3.91. The first-order chi connectivity index (χ1) is 16.8. The number of rotatable bonds is 10. The lowest BCUT2D eigenvalue weighted by molar-refractivity contribution is -0.123. The molecular formula is C26H27ClN2O6. The van der Waals surface area contributed by atoms with E-state index in [2.05, 4.69) is 10.6 Å². The smallest absolute Gasteiger partial charge is 0.258 e. The first kappa shape index (κ1) is 25.7. The fourth-order valence-electron chi connectivity index (χ4n) is 3.09. The fourth-order valence-corrected chi connectivity index (χ4v) is 3.26. The van der Waals surface area contributed by atoms with E-state index in [9.17, 15) is 9.59 Å². The average Bonchev–Trinajstić information content (AvgIpc) is 2.84. The van der Waals surface area contributed by atoms with Gasteiger partial charge in [-0.05, 0) is 74.5 Å². The van der Waals surface area contributed by atoms with Crippen LogP contribution >= 0.6 is 11.6 Å². The highest BCUT2D eigenvalue weighted by Gasteiger charge is 2.15. The van der Waals surface area contributed by atoms with Gasteiger partial charge >= 0.3 is 0 Å². The molecule has 0 saturated heterocycles. The molecule has 0 bridgehead atoms. The molecule has 0 atom stereocenters. The number of anilines is 1. The van der Waals surface area contributed by atoms with Gasteiger partial charge in [0, 0.05) is 16.6 Å². The number of methoxy groups -OCH3 is 2. The Kier molecular flexibility index (Phi) is 8.80. The van der Waals surface area contributed by atoms with Crippen molar-refractivity contribution in [3.05, 3.63) is 71.2 Å². The SMILES string of the molecule is COc1ccc(Oc2ccc(Cl)cc2NC(=O)c2ccc(OCC(=O)NC(C)C)c(OC)c2)cc1. The normalized spacial score (nSPS) is 10.5. The van der Waals surface area contributed by atoms with Crippen molar-refractivity contribution >= 4 is 29.1 Å². The zero-order valence-corrected chi connectivity index (χ0v) is 20.6. The number of amides is 2. The number of hydrogen-bond donors (Lipinski definition) is 2. The van der Waals surface area contributed by atoms with E-state index >= 15 is 0 Å². The second kappa shape index (κ2) is 12.0. The summed E-state index contributed by atoms with van der Waals surface area (Å²) in [5.74, 6) is 1.67. The second-order valence-electron chi connectivity index (χ2n) is 7.75. The van der Waals surface area contributed by atoms with E-state index in [4.69, 9.17) is 30.5 Å². The van der Waals surface area contributed by atoms with Crippen LogP contribution in [0.25, 0.3) is 0 Å². The van der Waals surface area contributed by atoms with Crippen molar-refractivity contribution in [2.45, 2.75) is 19.9 Å². The van der Waals surface area contributed by atoms with Gasteiger partial charge in [-0.2, -0.15) is 0 Å². The van der Waals surface area contributed by atoms with Crippen LogP contribution in [0, 0.1) is 0 Å². The molecule has 0 radical (unpaired) electrons. The van der Waals surface area contributed by atoms with E-state index in [0.29, 0.717) is 45.0 Å². The highest BCUT2D eigenvalue weighted by atomic mass is 35.5. The average molecular weight is 499 g/mol. The molecule has 0 unspecified atom stereocenters. The molecule has 8 nitrogen and oxygen atoms in total. The number of carbonyl (C=O) groups is 2. The van der Waals surface area contributed by atoms with Crippen LogP contribution in [0.5, 0.6) is 28.7 Å². The lowest BCUT2D eigenvalue weighted by Crippen LogP contribution is -2.34. The van der Waals surface area contributed by atoms with Crippen LogP contribution in [0.2, 0.25) is 5.02 Å². The van der Waals surface area contributed by atoms with Gasteiger partial charge < -0.3 is 29.6 Å². The fraction of sp³-hybridized carbons (Fsp3) is 0.231. The molecule has 0 fully saturated rings. The highest BCUT2D eigenvalue weighted by molar-refractivity contribution is 6.31. The summed E-state index contributed by atoms with van der Waals surface area (Å²) in [7, 11) is 3.04. The summed E-state index contributed by atoms with van der Waals surface area (Å²) in [6, 6.07) is 16.7.